The van der Waals surface area contributed by atoms with Gasteiger partial charge in [0.1, 0.15) is 11.3 Å². The first-order chi connectivity index (χ1) is 13.1. The van der Waals surface area contributed by atoms with Crippen molar-refractivity contribution in [1.82, 2.24) is 0 Å². The molecule has 2 heterocycles. The predicted molar refractivity (Wildman–Crippen MR) is 102 cm³/mol. The van der Waals surface area contributed by atoms with Gasteiger partial charge in [-0.25, -0.2) is 4.79 Å². The Morgan fingerprint density at radius 2 is 1.96 bits per heavy atom. The van der Waals surface area contributed by atoms with Crippen LogP contribution in [0, 0.1) is 0 Å². The third kappa shape index (κ3) is 3.06. The van der Waals surface area contributed by atoms with E-state index in [0.717, 1.165) is 11.1 Å². The van der Waals surface area contributed by atoms with E-state index in [2.05, 4.69) is 0 Å². The quantitative estimate of drug-likeness (QED) is 0.822. The summed E-state index contributed by atoms with van der Waals surface area (Å²) in [6, 6.07) is 11.8. The molecule has 0 radical (unpaired) electrons. The van der Waals surface area contributed by atoms with Gasteiger partial charge in [-0.15, -0.1) is 0 Å². The van der Waals surface area contributed by atoms with Crippen LogP contribution in [-0.2, 0) is 19.1 Å². The van der Waals surface area contributed by atoms with Crippen LogP contribution in [0.2, 0.25) is 0 Å². The number of hydrogen-bond donors (Lipinski definition) is 1. The molecular formula is C21H19NO4S. The van der Waals surface area contributed by atoms with Crippen LogP contribution in [0.15, 0.2) is 69.9 Å². The van der Waals surface area contributed by atoms with E-state index in [1.807, 2.05) is 47.2 Å². The number of carbonyl (C=O) groups is 2. The van der Waals surface area contributed by atoms with Gasteiger partial charge in [0, 0.05) is 18.4 Å². The maximum atomic E-state index is 13.1. The number of ketones is 1. The lowest BCUT2D eigenvalue weighted by molar-refractivity contribution is -0.136. The summed E-state index contributed by atoms with van der Waals surface area (Å²) in [6.45, 7) is 0. The standard InChI is InChI=1S/C21H19NO4S/c1-25-21(24)19-17(13-7-8-27-11-13)18-15(23)9-14(10-16(18)26-20(19)22)12-5-3-2-4-6-12/h2-8,11,14,17H,9-10,22H2,1H3. The molecule has 2 aromatic rings. The van der Waals surface area contributed by atoms with E-state index >= 15 is 0 Å². The molecule has 5 nitrogen and oxygen atoms in total. The molecule has 2 aliphatic rings. The third-order valence-electron chi connectivity index (χ3n) is 5.09. The minimum Gasteiger partial charge on any atom is -0.465 e. The summed E-state index contributed by atoms with van der Waals surface area (Å²) in [4.78, 5) is 25.5. The lowest BCUT2D eigenvalue weighted by Gasteiger charge is -2.34. The van der Waals surface area contributed by atoms with Crippen molar-refractivity contribution in [3.8, 4) is 0 Å². The number of esters is 1. The second-order valence-corrected chi connectivity index (χ2v) is 7.42. The lowest BCUT2D eigenvalue weighted by atomic mass is 9.74. The number of carbonyl (C=O) groups excluding carboxylic acids is 2. The molecule has 0 fully saturated rings. The highest BCUT2D eigenvalue weighted by Gasteiger charge is 2.43. The number of ether oxygens (including phenoxy) is 2. The first kappa shape index (κ1) is 17.5. The first-order valence-electron chi connectivity index (χ1n) is 8.69. The van der Waals surface area contributed by atoms with Gasteiger partial charge < -0.3 is 15.2 Å². The topological polar surface area (TPSA) is 78.6 Å². The molecular weight excluding hydrogens is 362 g/mol. The van der Waals surface area contributed by atoms with Gasteiger partial charge >= 0.3 is 5.97 Å². The van der Waals surface area contributed by atoms with Crippen molar-refractivity contribution in [2.24, 2.45) is 5.73 Å². The fourth-order valence-corrected chi connectivity index (χ4v) is 4.54. The van der Waals surface area contributed by atoms with Crippen LogP contribution < -0.4 is 5.73 Å². The molecule has 0 saturated carbocycles. The number of allylic oxidation sites excluding steroid dienone is 2. The van der Waals surface area contributed by atoms with E-state index < -0.39 is 11.9 Å². The summed E-state index contributed by atoms with van der Waals surface area (Å²) in [5.74, 6) is -0.534. The fraction of sp³-hybridized carbons (Fsp3) is 0.238. The largest absolute Gasteiger partial charge is 0.465 e. The maximum Gasteiger partial charge on any atom is 0.340 e. The normalized spacial score (nSPS) is 22.3. The minimum atomic E-state index is -0.576. The molecule has 0 amide bonds. The van der Waals surface area contributed by atoms with Gasteiger partial charge in [-0.2, -0.15) is 11.3 Å². The van der Waals surface area contributed by atoms with Crippen molar-refractivity contribution in [1.29, 1.82) is 0 Å². The van der Waals surface area contributed by atoms with E-state index in [1.165, 1.54) is 18.4 Å². The highest BCUT2D eigenvalue weighted by Crippen LogP contribution is 2.47. The van der Waals surface area contributed by atoms with Crippen LogP contribution in [-0.4, -0.2) is 18.9 Å². The van der Waals surface area contributed by atoms with Crippen LogP contribution in [0.25, 0.3) is 0 Å². The second kappa shape index (κ2) is 7.04. The summed E-state index contributed by atoms with van der Waals surface area (Å²) in [5.41, 5.74) is 8.77. The Labute approximate surface area is 161 Å². The predicted octanol–water partition coefficient (Wildman–Crippen LogP) is 3.61. The molecule has 27 heavy (non-hydrogen) atoms. The van der Waals surface area contributed by atoms with Crippen LogP contribution >= 0.6 is 11.3 Å². The maximum absolute atomic E-state index is 13.1. The number of rotatable bonds is 3. The van der Waals surface area contributed by atoms with Crippen LogP contribution in [0.5, 0.6) is 0 Å². The van der Waals surface area contributed by atoms with Crippen molar-refractivity contribution in [2.45, 2.75) is 24.7 Å². The Morgan fingerprint density at radius 1 is 1.19 bits per heavy atom. The number of Topliss-reactive ketones (excluding diaryl/α,β-unsaturated/α-hetero) is 1. The molecule has 1 aromatic heterocycles. The van der Waals surface area contributed by atoms with Gasteiger partial charge in [-0.05, 0) is 33.9 Å². The van der Waals surface area contributed by atoms with E-state index in [9.17, 15) is 9.59 Å². The summed E-state index contributed by atoms with van der Waals surface area (Å²) >= 11 is 1.50. The van der Waals surface area contributed by atoms with Crippen molar-refractivity contribution >= 4 is 23.1 Å². The monoisotopic (exact) mass is 381 g/mol. The Morgan fingerprint density at radius 3 is 2.63 bits per heavy atom. The number of thiophene rings is 1. The van der Waals surface area contributed by atoms with Gasteiger partial charge in [0.05, 0.1) is 13.0 Å². The number of hydrogen-bond acceptors (Lipinski definition) is 6. The van der Waals surface area contributed by atoms with Crippen molar-refractivity contribution in [3.63, 3.8) is 0 Å². The number of nitrogens with two attached hydrogens (primary N) is 1. The van der Waals surface area contributed by atoms with Crippen molar-refractivity contribution < 1.29 is 19.1 Å². The summed E-state index contributed by atoms with van der Waals surface area (Å²) in [7, 11) is 1.30. The average molecular weight is 381 g/mol. The second-order valence-electron chi connectivity index (χ2n) is 6.64. The van der Waals surface area contributed by atoms with Gasteiger partial charge in [-0.3, -0.25) is 4.79 Å². The molecule has 0 saturated heterocycles. The molecule has 1 aromatic carbocycles. The zero-order valence-electron chi connectivity index (χ0n) is 14.8. The zero-order chi connectivity index (χ0) is 19.0. The number of methoxy groups -OCH3 is 1. The Bertz CT molecular complexity index is 944. The molecule has 4 rings (SSSR count). The van der Waals surface area contributed by atoms with Crippen LogP contribution in [0.1, 0.15) is 35.8 Å². The van der Waals surface area contributed by atoms with Gasteiger partial charge in [-0.1, -0.05) is 30.3 Å². The molecule has 1 aliphatic heterocycles. The van der Waals surface area contributed by atoms with E-state index in [1.54, 1.807) is 0 Å². The summed E-state index contributed by atoms with van der Waals surface area (Å²) in [6.07, 6.45) is 0.947. The van der Waals surface area contributed by atoms with E-state index in [4.69, 9.17) is 15.2 Å². The average Bonchev–Trinajstić information content (AvgIpc) is 3.21. The Kier molecular flexibility index (Phi) is 4.58. The SMILES string of the molecule is COC(=O)C1=C(N)OC2=C(C(=O)CC(c3ccccc3)C2)C1c1ccsc1. The van der Waals surface area contributed by atoms with E-state index in [0.29, 0.717) is 24.2 Å². The Hall–Kier alpha value is -2.86. The molecule has 2 unspecified atom stereocenters. The highest BCUT2D eigenvalue weighted by molar-refractivity contribution is 7.08. The zero-order valence-corrected chi connectivity index (χ0v) is 15.6. The number of benzene rings is 1. The van der Waals surface area contributed by atoms with Gasteiger partial charge in [0.2, 0.25) is 5.88 Å². The lowest BCUT2D eigenvalue weighted by Crippen LogP contribution is -2.32. The molecule has 138 valence electrons. The molecule has 2 N–H and O–H groups in total. The fourth-order valence-electron chi connectivity index (χ4n) is 3.85. The molecule has 0 spiro atoms. The summed E-state index contributed by atoms with van der Waals surface area (Å²) < 4.78 is 10.7. The summed E-state index contributed by atoms with van der Waals surface area (Å²) in [5, 5.41) is 3.84. The third-order valence-corrected chi connectivity index (χ3v) is 5.79. The first-order valence-corrected chi connectivity index (χ1v) is 9.63. The van der Waals surface area contributed by atoms with Gasteiger partial charge in [0.25, 0.3) is 0 Å². The molecule has 6 heteroatoms. The van der Waals surface area contributed by atoms with Crippen LogP contribution in [0.3, 0.4) is 0 Å². The smallest absolute Gasteiger partial charge is 0.340 e. The van der Waals surface area contributed by atoms with Gasteiger partial charge in [0.15, 0.2) is 5.78 Å². The molecule has 2 atom stereocenters. The van der Waals surface area contributed by atoms with Crippen LogP contribution in [0.4, 0.5) is 0 Å². The van der Waals surface area contributed by atoms with Crippen molar-refractivity contribution in [3.05, 3.63) is 81.1 Å². The molecule has 1 aliphatic carbocycles. The highest BCUT2D eigenvalue weighted by atomic mass is 32.1. The minimum absolute atomic E-state index is 0.0123. The van der Waals surface area contributed by atoms with E-state index in [-0.39, 0.29) is 23.2 Å². The molecule has 0 bridgehead atoms. The Balaban J connectivity index is 1.79. The van der Waals surface area contributed by atoms with Crippen molar-refractivity contribution in [2.75, 3.05) is 7.11 Å².